The highest BCUT2D eigenvalue weighted by molar-refractivity contribution is 5.20. The molecule has 2 aliphatic rings. The molecule has 1 aromatic rings. The van der Waals surface area contributed by atoms with Gasteiger partial charge in [-0.2, -0.15) is 0 Å². The van der Waals surface area contributed by atoms with Gasteiger partial charge < -0.3 is 14.6 Å². The van der Waals surface area contributed by atoms with E-state index in [4.69, 9.17) is 14.6 Å². The van der Waals surface area contributed by atoms with E-state index in [1.54, 1.807) is 12.3 Å². The predicted octanol–water partition coefficient (Wildman–Crippen LogP) is 2.05. The normalized spacial score (nSPS) is 25.7. The molecule has 4 heteroatoms. The lowest BCUT2D eigenvalue weighted by Gasteiger charge is -2.46. The molecular formula is C14H19NO3. The second-order valence-electron chi connectivity index (χ2n) is 5.26. The molecule has 1 spiro atoms. The van der Waals surface area contributed by atoms with Crippen LogP contribution in [0, 0.1) is 0 Å². The molecule has 1 aromatic heterocycles. The third kappa shape index (κ3) is 2.35. The monoisotopic (exact) mass is 249 g/mol. The van der Waals surface area contributed by atoms with E-state index in [1.807, 2.05) is 6.07 Å². The minimum Gasteiger partial charge on any atom is -0.489 e. The molecule has 1 atom stereocenters. The van der Waals surface area contributed by atoms with Crippen molar-refractivity contribution >= 4 is 0 Å². The van der Waals surface area contributed by atoms with Crippen molar-refractivity contribution in [1.29, 1.82) is 0 Å². The van der Waals surface area contributed by atoms with E-state index in [2.05, 4.69) is 4.98 Å². The Hall–Kier alpha value is -1.13. The van der Waals surface area contributed by atoms with Crippen molar-refractivity contribution in [3.63, 3.8) is 0 Å². The molecule has 98 valence electrons. The Morgan fingerprint density at radius 3 is 2.94 bits per heavy atom. The van der Waals surface area contributed by atoms with E-state index in [-0.39, 0.29) is 18.3 Å². The Morgan fingerprint density at radius 1 is 1.44 bits per heavy atom. The standard InChI is InChI=1S/C14H19NO3/c16-10-11-2-3-13(9-15-11)18-12-4-7-17-14(8-12)5-1-6-14/h2-3,9,12,16H,1,4-8,10H2. The first-order chi connectivity index (χ1) is 8.80. The van der Waals surface area contributed by atoms with Crippen molar-refractivity contribution < 1.29 is 14.6 Å². The van der Waals surface area contributed by atoms with Crippen LogP contribution in [-0.2, 0) is 11.3 Å². The van der Waals surface area contributed by atoms with E-state index in [1.165, 1.54) is 19.3 Å². The molecular weight excluding hydrogens is 230 g/mol. The third-order valence-corrected chi connectivity index (χ3v) is 3.97. The van der Waals surface area contributed by atoms with E-state index < -0.39 is 0 Å². The van der Waals surface area contributed by atoms with Crippen LogP contribution in [0.15, 0.2) is 18.3 Å². The first kappa shape index (κ1) is 11.9. The summed E-state index contributed by atoms with van der Waals surface area (Å²) in [5.41, 5.74) is 0.784. The van der Waals surface area contributed by atoms with E-state index in [0.29, 0.717) is 5.69 Å². The molecule has 1 saturated heterocycles. The molecule has 0 radical (unpaired) electrons. The molecule has 0 aromatic carbocycles. The maximum atomic E-state index is 8.94. The topological polar surface area (TPSA) is 51.6 Å². The zero-order valence-corrected chi connectivity index (χ0v) is 10.5. The van der Waals surface area contributed by atoms with Crippen LogP contribution in [0.2, 0.25) is 0 Å². The summed E-state index contributed by atoms with van der Waals surface area (Å²) in [7, 11) is 0. The number of aromatic nitrogens is 1. The van der Waals surface area contributed by atoms with Gasteiger partial charge in [-0.15, -0.1) is 0 Å². The highest BCUT2D eigenvalue weighted by Crippen LogP contribution is 2.43. The largest absolute Gasteiger partial charge is 0.489 e. The fourth-order valence-electron chi connectivity index (χ4n) is 2.77. The summed E-state index contributed by atoms with van der Waals surface area (Å²) in [6, 6.07) is 3.68. The molecule has 18 heavy (non-hydrogen) atoms. The summed E-state index contributed by atoms with van der Waals surface area (Å²) in [6.45, 7) is 0.771. The Labute approximate surface area is 107 Å². The molecule has 3 rings (SSSR count). The Kier molecular flexibility index (Phi) is 3.22. The van der Waals surface area contributed by atoms with Gasteiger partial charge >= 0.3 is 0 Å². The maximum absolute atomic E-state index is 8.94. The van der Waals surface area contributed by atoms with Crippen LogP contribution in [0.5, 0.6) is 5.75 Å². The SMILES string of the molecule is OCc1ccc(OC2CCOC3(CCC3)C2)cn1. The molecule has 1 aliphatic heterocycles. The fraction of sp³-hybridized carbons (Fsp3) is 0.643. The van der Waals surface area contributed by atoms with Gasteiger partial charge in [-0.25, -0.2) is 0 Å². The van der Waals surface area contributed by atoms with Gasteiger partial charge in [0.15, 0.2) is 0 Å². The average Bonchev–Trinajstić information content (AvgIpc) is 2.38. The second kappa shape index (κ2) is 4.86. The number of pyridine rings is 1. The molecule has 2 fully saturated rings. The number of hydrogen-bond donors (Lipinski definition) is 1. The van der Waals surface area contributed by atoms with Gasteiger partial charge in [0.05, 0.1) is 30.7 Å². The van der Waals surface area contributed by atoms with Gasteiger partial charge in [-0.05, 0) is 31.4 Å². The first-order valence-electron chi connectivity index (χ1n) is 6.66. The van der Waals surface area contributed by atoms with Gasteiger partial charge in [0.1, 0.15) is 11.9 Å². The molecule has 2 heterocycles. The maximum Gasteiger partial charge on any atom is 0.138 e. The van der Waals surface area contributed by atoms with Crippen molar-refractivity contribution in [3.8, 4) is 5.75 Å². The zero-order valence-electron chi connectivity index (χ0n) is 10.5. The summed E-state index contributed by atoms with van der Waals surface area (Å²) in [6.07, 6.45) is 7.50. The van der Waals surface area contributed by atoms with Crippen LogP contribution < -0.4 is 4.74 Å². The van der Waals surface area contributed by atoms with E-state index >= 15 is 0 Å². The molecule has 4 nitrogen and oxygen atoms in total. The fourth-order valence-corrected chi connectivity index (χ4v) is 2.77. The average molecular weight is 249 g/mol. The summed E-state index contributed by atoms with van der Waals surface area (Å²) in [5, 5.41) is 8.94. The number of hydrogen-bond acceptors (Lipinski definition) is 4. The van der Waals surface area contributed by atoms with Crippen LogP contribution in [0.1, 0.15) is 37.8 Å². The lowest BCUT2D eigenvalue weighted by atomic mass is 9.74. The highest BCUT2D eigenvalue weighted by Gasteiger charge is 2.43. The Balaban J connectivity index is 1.61. The van der Waals surface area contributed by atoms with Crippen LogP contribution in [0.25, 0.3) is 0 Å². The van der Waals surface area contributed by atoms with Crippen LogP contribution in [-0.4, -0.2) is 28.4 Å². The van der Waals surface area contributed by atoms with Crippen molar-refractivity contribution in [2.45, 2.75) is 50.4 Å². The van der Waals surface area contributed by atoms with Crippen molar-refractivity contribution in [2.75, 3.05) is 6.61 Å². The molecule has 1 aliphatic carbocycles. The smallest absolute Gasteiger partial charge is 0.138 e. The summed E-state index contributed by atoms with van der Waals surface area (Å²) < 4.78 is 11.8. The van der Waals surface area contributed by atoms with Crippen molar-refractivity contribution in [2.24, 2.45) is 0 Å². The minimum absolute atomic E-state index is 0.0271. The van der Waals surface area contributed by atoms with E-state index in [0.717, 1.165) is 25.2 Å². The number of ether oxygens (including phenoxy) is 2. The second-order valence-corrected chi connectivity index (χ2v) is 5.26. The van der Waals surface area contributed by atoms with Crippen LogP contribution in [0.3, 0.4) is 0 Å². The van der Waals surface area contributed by atoms with Crippen LogP contribution >= 0.6 is 0 Å². The molecule has 1 N–H and O–H groups in total. The van der Waals surface area contributed by atoms with Gasteiger partial charge in [0.2, 0.25) is 0 Å². The summed E-state index contributed by atoms with van der Waals surface area (Å²) in [5.74, 6) is 0.786. The van der Waals surface area contributed by atoms with E-state index in [9.17, 15) is 0 Å². The van der Waals surface area contributed by atoms with Gasteiger partial charge in [0, 0.05) is 12.8 Å². The Morgan fingerprint density at radius 2 is 2.33 bits per heavy atom. The number of aliphatic hydroxyl groups is 1. The number of rotatable bonds is 3. The van der Waals surface area contributed by atoms with Crippen molar-refractivity contribution in [1.82, 2.24) is 4.98 Å². The first-order valence-corrected chi connectivity index (χ1v) is 6.66. The minimum atomic E-state index is -0.0271. The van der Waals surface area contributed by atoms with Crippen molar-refractivity contribution in [3.05, 3.63) is 24.0 Å². The summed E-state index contributed by atoms with van der Waals surface area (Å²) in [4.78, 5) is 4.13. The van der Waals surface area contributed by atoms with Gasteiger partial charge in [-0.3, -0.25) is 4.98 Å². The van der Waals surface area contributed by atoms with Crippen LogP contribution in [0.4, 0.5) is 0 Å². The number of nitrogens with zero attached hydrogens (tertiary/aromatic N) is 1. The zero-order chi connectivity index (χ0) is 12.4. The molecule has 0 bridgehead atoms. The number of aliphatic hydroxyl groups excluding tert-OH is 1. The third-order valence-electron chi connectivity index (χ3n) is 3.97. The predicted molar refractivity (Wildman–Crippen MR) is 66.3 cm³/mol. The van der Waals surface area contributed by atoms with Gasteiger partial charge in [0.25, 0.3) is 0 Å². The highest BCUT2D eigenvalue weighted by atomic mass is 16.5. The summed E-state index contributed by atoms with van der Waals surface area (Å²) >= 11 is 0. The lowest BCUT2D eigenvalue weighted by molar-refractivity contribution is -0.153. The lowest BCUT2D eigenvalue weighted by Crippen LogP contribution is -2.48. The van der Waals surface area contributed by atoms with Gasteiger partial charge in [-0.1, -0.05) is 0 Å². The molecule has 1 unspecified atom stereocenters. The molecule has 0 amide bonds. The Bertz CT molecular complexity index is 400. The quantitative estimate of drug-likeness (QED) is 0.890. The molecule has 1 saturated carbocycles.